The fraction of sp³-hybridized carbons (Fsp3) is 0.158. The number of hydrogen-bond acceptors (Lipinski definition) is 3. The van der Waals surface area contributed by atoms with E-state index in [1.165, 1.54) is 0 Å². The van der Waals surface area contributed by atoms with Gasteiger partial charge < -0.3 is 10.1 Å². The molecule has 2 aromatic carbocycles. The van der Waals surface area contributed by atoms with Crippen molar-refractivity contribution in [3.05, 3.63) is 70.9 Å². The number of methoxy groups -OCH3 is 1. The highest BCUT2D eigenvalue weighted by atomic mass is 35.5. The number of nitrogens with one attached hydrogen (secondary N) is 1. The Morgan fingerprint density at radius 1 is 1.20 bits per heavy atom. The summed E-state index contributed by atoms with van der Waals surface area (Å²) in [5, 5.41) is 8.03. The summed E-state index contributed by atoms with van der Waals surface area (Å²) in [6.45, 7) is 0. The maximum atomic E-state index is 12.3. The van der Waals surface area contributed by atoms with Crippen LogP contribution in [-0.2, 0) is 4.79 Å². The first-order valence-corrected chi connectivity index (χ1v) is 8.32. The molecule has 0 bridgehead atoms. The predicted molar refractivity (Wildman–Crippen MR) is 96.7 cm³/mol. The number of fused-ring (bicyclic) bond motifs is 1. The number of hydrogen-bond donors (Lipinski definition) is 1. The molecule has 1 atom stereocenters. The molecule has 1 aromatic heterocycles. The number of halogens is 1. The zero-order valence-corrected chi connectivity index (χ0v) is 14.3. The lowest BCUT2D eigenvalue weighted by Gasteiger charge is -2.25. The first-order chi connectivity index (χ1) is 12.2. The van der Waals surface area contributed by atoms with E-state index >= 15 is 0 Å². The van der Waals surface area contributed by atoms with Crippen LogP contribution in [0.1, 0.15) is 23.5 Å². The van der Waals surface area contributed by atoms with E-state index in [0.717, 1.165) is 22.6 Å². The van der Waals surface area contributed by atoms with Gasteiger partial charge in [0.2, 0.25) is 5.91 Å². The molecule has 126 valence electrons. The Kier molecular flexibility index (Phi) is 3.93. The van der Waals surface area contributed by atoms with Crippen molar-refractivity contribution in [3.8, 4) is 11.4 Å². The van der Waals surface area contributed by atoms with E-state index in [-0.39, 0.29) is 11.8 Å². The van der Waals surface area contributed by atoms with Gasteiger partial charge in [-0.05, 0) is 24.3 Å². The van der Waals surface area contributed by atoms with E-state index in [1.807, 2.05) is 42.5 Å². The molecule has 6 heteroatoms. The highest BCUT2D eigenvalue weighted by Gasteiger charge is 2.31. The zero-order chi connectivity index (χ0) is 17.4. The molecule has 3 aromatic rings. The number of aromatic nitrogens is 2. The third-order valence-corrected chi connectivity index (χ3v) is 4.62. The van der Waals surface area contributed by atoms with Gasteiger partial charge in [-0.15, -0.1) is 0 Å². The van der Waals surface area contributed by atoms with Crippen LogP contribution in [0, 0.1) is 0 Å². The van der Waals surface area contributed by atoms with Crippen LogP contribution < -0.4 is 10.1 Å². The van der Waals surface area contributed by atoms with Crippen LogP contribution in [0.5, 0.6) is 5.75 Å². The van der Waals surface area contributed by atoms with Crippen LogP contribution >= 0.6 is 11.6 Å². The molecule has 2 heterocycles. The summed E-state index contributed by atoms with van der Waals surface area (Å²) in [5.74, 6) is 1.29. The quantitative estimate of drug-likeness (QED) is 0.774. The smallest absolute Gasteiger partial charge is 0.226 e. The Morgan fingerprint density at radius 3 is 2.84 bits per heavy atom. The van der Waals surface area contributed by atoms with Gasteiger partial charge in [-0.1, -0.05) is 35.9 Å². The number of carbonyl (C=O) groups excluding carboxylic acids is 1. The molecule has 0 unspecified atom stereocenters. The van der Waals surface area contributed by atoms with Gasteiger partial charge in [0.1, 0.15) is 11.6 Å². The van der Waals surface area contributed by atoms with E-state index in [9.17, 15) is 4.79 Å². The number of para-hydroxylation sites is 1. The molecule has 4 rings (SSSR count). The molecule has 0 radical (unpaired) electrons. The van der Waals surface area contributed by atoms with Crippen molar-refractivity contribution in [1.29, 1.82) is 0 Å². The van der Waals surface area contributed by atoms with E-state index in [1.54, 1.807) is 24.1 Å². The zero-order valence-electron chi connectivity index (χ0n) is 13.6. The summed E-state index contributed by atoms with van der Waals surface area (Å²) >= 11 is 6.09. The monoisotopic (exact) mass is 353 g/mol. The molecule has 0 fully saturated rings. The largest absolute Gasteiger partial charge is 0.496 e. The van der Waals surface area contributed by atoms with Crippen molar-refractivity contribution in [3.63, 3.8) is 0 Å². The lowest BCUT2D eigenvalue weighted by atomic mass is 9.87. The van der Waals surface area contributed by atoms with Crippen molar-refractivity contribution in [2.24, 2.45) is 0 Å². The van der Waals surface area contributed by atoms with E-state index in [0.29, 0.717) is 17.3 Å². The minimum absolute atomic E-state index is 0.0489. The Labute approximate surface area is 150 Å². The maximum Gasteiger partial charge on any atom is 0.226 e. The van der Waals surface area contributed by atoms with Gasteiger partial charge in [0, 0.05) is 28.5 Å². The number of ether oxygens (including phenoxy) is 1. The normalized spacial score (nSPS) is 16.2. The molecule has 5 nitrogen and oxygen atoms in total. The minimum Gasteiger partial charge on any atom is -0.496 e. The number of amides is 1. The number of nitrogens with zero attached hydrogens (tertiary/aromatic N) is 2. The standard InChI is InChI=1S/C19H16ClN3O2/c1-25-17-8-3-2-7-14(17)15-10-18(24)22-19-16(15)11-21-23(19)13-6-4-5-12(20)9-13/h2-9,11,15H,10H2,1H3,(H,22,24)/t15-/m1/s1. The van der Waals surface area contributed by atoms with Crippen LogP contribution in [0.15, 0.2) is 54.7 Å². The Bertz CT molecular complexity index is 951. The van der Waals surface area contributed by atoms with Crippen molar-refractivity contribution in [1.82, 2.24) is 9.78 Å². The second-order valence-electron chi connectivity index (χ2n) is 5.89. The molecule has 0 saturated heterocycles. The van der Waals surface area contributed by atoms with Crippen molar-refractivity contribution in [2.45, 2.75) is 12.3 Å². The molecular weight excluding hydrogens is 338 g/mol. The van der Waals surface area contributed by atoms with Crippen molar-refractivity contribution < 1.29 is 9.53 Å². The average Bonchev–Trinajstić information content (AvgIpc) is 3.04. The highest BCUT2D eigenvalue weighted by Crippen LogP contribution is 2.41. The van der Waals surface area contributed by atoms with Gasteiger partial charge >= 0.3 is 0 Å². The lowest BCUT2D eigenvalue weighted by Crippen LogP contribution is -2.24. The average molecular weight is 354 g/mol. The van der Waals surface area contributed by atoms with Gasteiger partial charge in [-0.2, -0.15) is 5.10 Å². The van der Waals surface area contributed by atoms with Crippen LogP contribution in [0.3, 0.4) is 0 Å². The van der Waals surface area contributed by atoms with Crippen LogP contribution in [0.4, 0.5) is 5.82 Å². The van der Waals surface area contributed by atoms with Gasteiger partial charge in [0.05, 0.1) is 19.0 Å². The summed E-state index contributed by atoms with van der Waals surface area (Å²) in [5.41, 5.74) is 2.74. The summed E-state index contributed by atoms with van der Waals surface area (Å²) in [7, 11) is 1.64. The molecule has 1 aliphatic heterocycles. The van der Waals surface area contributed by atoms with Crippen LogP contribution in [0.25, 0.3) is 5.69 Å². The van der Waals surface area contributed by atoms with Crippen molar-refractivity contribution >= 4 is 23.3 Å². The summed E-state index contributed by atoms with van der Waals surface area (Å²) in [6, 6.07) is 15.1. The molecule has 25 heavy (non-hydrogen) atoms. The number of carbonyl (C=O) groups is 1. The Hall–Kier alpha value is -2.79. The summed E-state index contributed by atoms with van der Waals surface area (Å²) < 4.78 is 7.19. The molecule has 0 aliphatic carbocycles. The van der Waals surface area contributed by atoms with Gasteiger partial charge in [-0.25, -0.2) is 4.68 Å². The topological polar surface area (TPSA) is 56.1 Å². The van der Waals surface area contributed by atoms with Crippen LogP contribution in [0.2, 0.25) is 5.02 Å². The summed E-state index contributed by atoms with van der Waals surface area (Å²) in [4.78, 5) is 12.3. The first kappa shape index (κ1) is 15.7. The van der Waals surface area contributed by atoms with Crippen molar-refractivity contribution in [2.75, 3.05) is 12.4 Å². The second-order valence-corrected chi connectivity index (χ2v) is 6.32. The molecule has 1 amide bonds. The second kappa shape index (κ2) is 6.26. The summed E-state index contributed by atoms with van der Waals surface area (Å²) in [6.07, 6.45) is 2.15. The van der Waals surface area contributed by atoms with E-state index < -0.39 is 0 Å². The van der Waals surface area contributed by atoms with Gasteiger partial charge in [-0.3, -0.25) is 4.79 Å². The van der Waals surface area contributed by atoms with Crippen LogP contribution in [-0.4, -0.2) is 22.8 Å². The predicted octanol–water partition coefficient (Wildman–Crippen LogP) is 4.01. The number of rotatable bonds is 3. The molecular formula is C19H16ClN3O2. The molecule has 0 saturated carbocycles. The van der Waals surface area contributed by atoms with E-state index in [4.69, 9.17) is 16.3 Å². The Morgan fingerprint density at radius 2 is 2.04 bits per heavy atom. The lowest BCUT2D eigenvalue weighted by molar-refractivity contribution is -0.116. The minimum atomic E-state index is -0.104. The van der Waals surface area contributed by atoms with Gasteiger partial charge in [0.15, 0.2) is 0 Å². The molecule has 0 spiro atoms. The number of anilines is 1. The first-order valence-electron chi connectivity index (χ1n) is 7.94. The highest BCUT2D eigenvalue weighted by molar-refractivity contribution is 6.30. The van der Waals surface area contributed by atoms with Gasteiger partial charge in [0.25, 0.3) is 0 Å². The molecule has 1 N–H and O–H groups in total. The molecule has 1 aliphatic rings. The number of benzene rings is 2. The van der Waals surface area contributed by atoms with E-state index in [2.05, 4.69) is 10.4 Å². The third-order valence-electron chi connectivity index (χ3n) is 4.39. The third kappa shape index (κ3) is 2.76. The SMILES string of the molecule is COc1ccccc1[C@H]1CC(=O)Nc2c1cnn2-c1cccc(Cl)c1. The maximum absolute atomic E-state index is 12.3. The fourth-order valence-electron chi connectivity index (χ4n) is 3.26. The fourth-order valence-corrected chi connectivity index (χ4v) is 3.44. The Balaban J connectivity index is 1.84.